The maximum atomic E-state index is 14.5. The van der Waals surface area contributed by atoms with Gasteiger partial charge in [-0.25, -0.2) is 14.4 Å². The van der Waals surface area contributed by atoms with Crippen LogP contribution in [0.2, 0.25) is 0 Å². The number of aromatic nitrogens is 2. The Hall–Kier alpha value is -2.54. The van der Waals surface area contributed by atoms with Crippen LogP contribution in [0.5, 0.6) is 0 Å². The second-order valence-electron chi connectivity index (χ2n) is 9.68. The number of halogens is 1. The van der Waals surface area contributed by atoms with Gasteiger partial charge in [0.25, 0.3) is 0 Å². The molecule has 5 rings (SSSR count). The van der Waals surface area contributed by atoms with E-state index >= 15 is 0 Å². The Balaban J connectivity index is 1.36. The molecule has 0 bridgehead atoms. The molecule has 2 saturated carbocycles. The number of rotatable bonds is 6. The van der Waals surface area contributed by atoms with Crippen LogP contribution in [0.3, 0.4) is 0 Å². The summed E-state index contributed by atoms with van der Waals surface area (Å²) in [6.07, 6.45) is 5.64. The number of alkyl halides is 1. The van der Waals surface area contributed by atoms with Crippen molar-refractivity contribution < 1.29 is 9.50 Å². The normalized spacial score (nSPS) is 26.7. The third-order valence-corrected chi connectivity index (χ3v) is 7.11. The minimum atomic E-state index is -1.11. The number of nitrogens with one attached hydrogen (secondary N) is 2. The summed E-state index contributed by atoms with van der Waals surface area (Å²) in [7, 11) is 0. The smallest absolute Gasteiger partial charge is 0.135 e. The fourth-order valence-electron chi connectivity index (χ4n) is 4.90. The van der Waals surface area contributed by atoms with Crippen LogP contribution in [0.25, 0.3) is 0 Å². The molecule has 2 heterocycles. The Morgan fingerprint density at radius 3 is 2.70 bits per heavy atom. The van der Waals surface area contributed by atoms with Crippen molar-refractivity contribution in [2.24, 2.45) is 11.3 Å². The van der Waals surface area contributed by atoms with E-state index in [1.807, 2.05) is 11.0 Å². The van der Waals surface area contributed by atoms with Crippen molar-refractivity contribution in [3.05, 3.63) is 41.7 Å². The molecule has 3 unspecified atom stereocenters. The largest absolute Gasteiger partial charge is 0.390 e. The average Bonchev–Trinajstić information content (AvgIpc) is 3.60. The van der Waals surface area contributed by atoms with Crippen LogP contribution in [0.1, 0.15) is 50.2 Å². The van der Waals surface area contributed by atoms with E-state index in [9.17, 15) is 9.50 Å². The van der Waals surface area contributed by atoms with Crippen LogP contribution in [0.4, 0.5) is 21.7 Å². The quantitative estimate of drug-likeness (QED) is 0.627. The van der Waals surface area contributed by atoms with Crippen LogP contribution in [-0.4, -0.2) is 46.2 Å². The fourth-order valence-corrected chi connectivity index (χ4v) is 4.90. The lowest BCUT2D eigenvalue weighted by Gasteiger charge is -2.26. The molecule has 30 heavy (non-hydrogen) atoms. The van der Waals surface area contributed by atoms with E-state index in [-0.39, 0.29) is 6.54 Å². The molecule has 2 aliphatic carbocycles. The summed E-state index contributed by atoms with van der Waals surface area (Å²) in [5, 5.41) is 21.3. The lowest BCUT2D eigenvalue weighted by molar-refractivity contribution is -0.000242. The monoisotopic (exact) mass is 409 g/mol. The van der Waals surface area contributed by atoms with Crippen molar-refractivity contribution in [3.8, 4) is 0 Å². The zero-order valence-corrected chi connectivity index (χ0v) is 17.4. The van der Waals surface area contributed by atoms with Crippen molar-refractivity contribution in [2.75, 3.05) is 23.3 Å². The molecular formula is C23H28FN5O. The number of nitrogens with zero attached hydrogens (tertiary/aromatic N) is 3. The van der Waals surface area contributed by atoms with Gasteiger partial charge in [-0.1, -0.05) is 12.1 Å². The van der Waals surface area contributed by atoms with Crippen molar-refractivity contribution in [2.45, 2.75) is 50.8 Å². The molecule has 1 aliphatic heterocycles. The second-order valence-corrected chi connectivity index (χ2v) is 9.68. The van der Waals surface area contributed by atoms with Gasteiger partial charge >= 0.3 is 0 Å². The summed E-state index contributed by atoms with van der Waals surface area (Å²) in [5.41, 5.74) is 2.47. The highest BCUT2D eigenvalue weighted by molar-refractivity contribution is 5.87. The summed E-state index contributed by atoms with van der Waals surface area (Å²) in [6, 6.07) is 8.07. The van der Waals surface area contributed by atoms with E-state index in [4.69, 9.17) is 5.41 Å². The Kier molecular flexibility index (Phi) is 4.36. The van der Waals surface area contributed by atoms with E-state index in [1.165, 1.54) is 37.4 Å². The minimum absolute atomic E-state index is 0.204. The van der Waals surface area contributed by atoms with Gasteiger partial charge in [0.1, 0.15) is 24.1 Å². The highest BCUT2D eigenvalue weighted by atomic mass is 19.1. The van der Waals surface area contributed by atoms with Crippen molar-refractivity contribution >= 4 is 23.5 Å². The van der Waals surface area contributed by atoms with Crippen LogP contribution in [-0.2, 0) is 0 Å². The molecular weight excluding hydrogens is 381 g/mol. The molecule has 7 heteroatoms. The van der Waals surface area contributed by atoms with Gasteiger partial charge in [0, 0.05) is 36.0 Å². The van der Waals surface area contributed by atoms with Crippen LogP contribution in [0.15, 0.2) is 30.6 Å². The maximum Gasteiger partial charge on any atom is 0.135 e. The van der Waals surface area contributed by atoms with E-state index in [0.717, 1.165) is 11.3 Å². The molecule has 158 valence electrons. The summed E-state index contributed by atoms with van der Waals surface area (Å²) in [6.45, 7) is 3.92. The number of benzene rings is 1. The van der Waals surface area contributed by atoms with Crippen LogP contribution < -0.4 is 10.2 Å². The first kappa shape index (κ1) is 19.4. The lowest BCUT2D eigenvalue weighted by Crippen LogP contribution is -2.37. The molecule has 3 atom stereocenters. The molecule has 3 fully saturated rings. The van der Waals surface area contributed by atoms with E-state index in [2.05, 4.69) is 27.4 Å². The van der Waals surface area contributed by atoms with Gasteiger partial charge in [-0.05, 0) is 56.1 Å². The predicted octanol–water partition coefficient (Wildman–Crippen LogP) is 4.03. The van der Waals surface area contributed by atoms with Gasteiger partial charge in [-0.2, -0.15) is 0 Å². The molecule has 1 spiro atoms. The van der Waals surface area contributed by atoms with Gasteiger partial charge in [-0.3, -0.25) is 0 Å². The number of anilines is 3. The number of aliphatic hydroxyl groups is 1. The molecule has 1 saturated heterocycles. The molecule has 2 aromatic rings. The van der Waals surface area contributed by atoms with E-state index < -0.39 is 17.7 Å². The lowest BCUT2D eigenvalue weighted by atomic mass is 9.89. The van der Waals surface area contributed by atoms with E-state index in [1.54, 1.807) is 19.9 Å². The Morgan fingerprint density at radius 1 is 1.27 bits per heavy atom. The molecule has 6 nitrogen and oxygen atoms in total. The highest BCUT2D eigenvalue weighted by Crippen LogP contribution is 2.75. The second kappa shape index (κ2) is 6.74. The standard InChI is InChI=1S/C23H28FN5O/c1-22(2,30)17-11-29(12-18(17)24)21-8-20(26-13-27-21)28-19-7-14(3-4-15(19)10-25)16-9-23(16)5-6-23/h3-4,7-8,10,13,16-18,25,30H,5-6,9,11-12H2,1-2H3,(H,26,27,28). The fraction of sp³-hybridized carbons (Fsp3) is 0.522. The molecule has 0 radical (unpaired) electrons. The summed E-state index contributed by atoms with van der Waals surface area (Å²) in [5.74, 6) is 1.43. The van der Waals surface area contributed by atoms with Gasteiger partial charge in [0.2, 0.25) is 0 Å². The number of hydrogen-bond donors (Lipinski definition) is 3. The summed E-state index contributed by atoms with van der Waals surface area (Å²) < 4.78 is 14.5. The zero-order chi connectivity index (χ0) is 21.1. The van der Waals surface area contributed by atoms with Crippen molar-refractivity contribution in [3.63, 3.8) is 0 Å². The summed E-state index contributed by atoms with van der Waals surface area (Å²) in [4.78, 5) is 10.5. The Morgan fingerprint density at radius 2 is 2.07 bits per heavy atom. The highest BCUT2D eigenvalue weighted by Gasteiger charge is 2.62. The first-order valence-corrected chi connectivity index (χ1v) is 10.6. The first-order chi connectivity index (χ1) is 14.3. The zero-order valence-electron chi connectivity index (χ0n) is 17.4. The third-order valence-electron chi connectivity index (χ3n) is 7.11. The molecule has 3 aliphatic rings. The van der Waals surface area contributed by atoms with Crippen molar-refractivity contribution in [1.82, 2.24) is 9.97 Å². The van der Waals surface area contributed by atoms with Crippen molar-refractivity contribution in [1.29, 1.82) is 5.41 Å². The summed E-state index contributed by atoms with van der Waals surface area (Å²) >= 11 is 0. The van der Waals surface area contributed by atoms with E-state index in [0.29, 0.717) is 29.5 Å². The molecule has 1 aromatic heterocycles. The molecule has 3 N–H and O–H groups in total. The van der Waals surface area contributed by atoms with Gasteiger partial charge < -0.3 is 20.7 Å². The Bertz CT molecular complexity index is 984. The minimum Gasteiger partial charge on any atom is -0.390 e. The number of hydrogen-bond acceptors (Lipinski definition) is 6. The third kappa shape index (κ3) is 3.45. The Labute approximate surface area is 176 Å². The van der Waals surface area contributed by atoms with Crippen LogP contribution in [0, 0.1) is 16.7 Å². The SMILES string of the molecule is CC(C)(O)C1CN(c2cc(Nc3cc(C4CC45CC5)ccc3C=N)ncn2)CC1F. The first-order valence-electron chi connectivity index (χ1n) is 10.6. The average molecular weight is 410 g/mol. The van der Waals surface area contributed by atoms with Gasteiger partial charge in [0.05, 0.1) is 12.1 Å². The maximum absolute atomic E-state index is 14.5. The van der Waals surface area contributed by atoms with Gasteiger partial charge in [0.15, 0.2) is 0 Å². The van der Waals surface area contributed by atoms with Gasteiger partial charge in [-0.15, -0.1) is 0 Å². The molecule has 1 aromatic carbocycles. The molecule has 0 amide bonds. The van der Waals surface area contributed by atoms with Crippen LogP contribution >= 0.6 is 0 Å². The predicted molar refractivity (Wildman–Crippen MR) is 116 cm³/mol. The topological polar surface area (TPSA) is 85.1 Å².